The molecule has 0 radical (unpaired) electrons. The van der Waals surface area contributed by atoms with Gasteiger partial charge in [0.2, 0.25) is 0 Å². The second kappa shape index (κ2) is 6.18. The van der Waals surface area contributed by atoms with Gasteiger partial charge in [0.15, 0.2) is 0 Å². The summed E-state index contributed by atoms with van der Waals surface area (Å²) in [6.45, 7) is 0. The molecule has 6 nitrogen and oxygen atoms in total. The summed E-state index contributed by atoms with van der Waals surface area (Å²) in [5.41, 5.74) is 2.27. The number of aromatic nitrogens is 6. The Bertz CT molecular complexity index is 774. The molecule has 0 N–H and O–H groups in total. The Balaban J connectivity index is 1.35. The number of imidazole rings is 2. The van der Waals surface area contributed by atoms with E-state index < -0.39 is 0 Å². The summed E-state index contributed by atoms with van der Waals surface area (Å²) in [6.07, 6.45) is 11.7. The zero-order valence-corrected chi connectivity index (χ0v) is 15.0. The van der Waals surface area contributed by atoms with Crippen LogP contribution in [0.15, 0.2) is 49.3 Å². The van der Waals surface area contributed by atoms with Gasteiger partial charge in [0.25, 0.3) is 0 Å². The summed E-state index contributed by atoms with van der Waals surface area (Å²) in [5.74, 6) is 1.57. The summed E-state index contributed by atoms with van der Waals surface area (Å²) in [7, 11) is 0. The first kappa shape index (κ1) is 13.9. The van der Waals surface area contributed by atoms with Crippen LogP contribution < -0.4 is 0 Å². The van der Waals surface area contributed by atoms with Gasteiger partial charge >= 0.3 is 138 Å². The van der Waals surface area contributed by atoms with Crippen molar-refractivity contribution >= 4 is 37.8 Å². The van der Waals surface area contributed by atoms with Gasteiger partial charge in [-0.1, -0.05) is 0 Å². The number of hydrogen-bond acceptors (Lipinski definition) is 4. The molecule has 0 bridgehead atoms. The molecule has 4 rings (SSSR count). The molecule has 0 aromatic carbocycles. The molecule has 0 saturated heterocycles. The molecule has 4 aromatic rings. The van der Waals surface area contributed by atoms with Gasteiger partial charge in [-0.25, -0.2) is 0 Å². The quantitative estimate of drug-likeness (QED) is 0.353. The monoisotopic (exact) mass is 424 g/mol. The maximum absolute atomic E-state index is 4.54. The normalized spacial score (nSPS) is 11.5. The molecule has 0 aliphatic carbocycles. The predicted octanol–water partition coefficient (Wildman–Crippen LogP) is 0.796. The van der Waals surface area contributed by atoms with Crippen molar-refractivity contribution in [3.63, 3.8) is 0 Å². The average molecular weight is 422 g/mol. The molecule has 8 heteroatoms. The molecule has 22 heavy (non-hydrogen) atoms. The van der Waals surface area contributed by atoms with Gasteiger partial charge < -0.3 is 0 Å². The van der Waals surface area contributed by atoms with Crippen molar-refractivity contribution < 1.29 is 0 Å². The van der Waals surface area contributed by atoms with E-state index in [0.29, 0.717) is 26.3 Å². The maximum atomic E-state index is 4.54. The fourth-order valence-corrected chi connectivity index (χ4v) is 7.99. The Hall–Kier alpha value is -1.72. The molecular formula is C14H12N6Se2. The van der Waals surface area contributed by atoms with Crippen LogP contribution in [-0.2, 0) is 10.6 Å². The molecule has 110 valence electrons. The average Bonchev–Trinajstić information content (AvgIpc) is 3.14. The minimum atomic E-state index is 0.578. The van der Waals surface area contributed by atoms with Crippen molar-refractivity contribution in [2.45, 2.75) is 10.6 Å². The standard InChI is InChI=1S/C14H12N6Se2/c1-3-15-13-17-11(7-19(13)5-1)9-21-22-10-12-8-20-6-2-4-16-14(20)18-12/h1-8H,9-10H2. The molecule has 0 unspecified atom stereocenters. The van der Waals surface area contributed by atoms with Gasteiger partial charge in [-0.15, -0.1) is 0 Å². The first-order valence-corrected chi connectivity index (χ1v) is 13.5. The third-order valence-electron chi connectivity index (χ3n) is 3.07. The van der Waals surface area contributed by atoms with E-state index in [9.17, 15) is 0 Å². The third kappa shape index (κ3) is 2.91. The van der Waals surface area contributed by atoms with Crippen molar-refractivity contribution in [1.29, 1.82) is 0 Å². The number of rotatable bonds is 5. The fourth-order valence-electron chi connectivity index (χ4n) is 2.10. The van der Waals surface area contributed by atoms with Crippen molar-refractivity contribution in [3.8, 4) is 0 Å². The molecule has 0 atom stereocenters. The summed E-state index contributed by atoms with van der Waals surface area (Å²) >= 11 is 1.16. The van der Waals surface area contributed by atoms with E-state index in [2.05, 4.69) is 32.3 Å². The summed E-state index contributed by atoms with van der Waals surface area (Å²) in [5, 5.41) is 2.12. The van der Waals surface area contributed by atoms with E-state index in [-0.39, 0.29) is 0 Å². The van der Waals surface area contributed by atoms with Crippen LogP contribution in [0.2, 0.25) is 0 Å². The molecule has 0 fully saturated rings. The van der Waals surface area contributed by atoms with Crippen LogP contribution in [0.1, 0.15) is 11.4 Å². The predicted molar refractivity (Wildman–Crippen MR) is 84.9 cm³/mol. The van der Waals surface area contributed by atoms with Gasteiger partial charge in [-0.3, -0.25) is 0 Å². The van der Waals surface area contributed by atoms with Crippen molar-refractivity contribution in [1.82, 2.24) is 28.7 Å². The Morgan fingerprint density at radius 3 is 1.73 bits per heavy atom. The molecular weight excluding hydrogens is 410 g/mol. The Kier molecular flexibility index (Phi) is 3.91. The minimum absolute atomic E-state index is 0.578. The molecule has 0 spiro atoms. The second-order valence-electron chi connectivity index (χ2n) is 4.64. The zero-order chi connectivity index (χ0) is 14.8. The van der Waals surface area contributed by atoms with Gasteiger partial charge in [0.05, 0.1) is 0 Å². The van der Waals surface area contributed by atoms with Crippen LogP contribution in [0.4, 0.5) is 0 Å². The van der Waals surface area contributed by atoms with E-state index in [4.69, 9.17) is 0 Å². The fraction of sp³-hybridized carbons (Fsp3) is 0.143. The topological polar surface area (TPSA) is 60.4 Å². The Labute approximate surface area is 137 Å². The molecule has 0 aliphatic heterocycles. The van der Waals surface area contributed by atoms with Gasteiger partial charge in [-0.2, -0.15) is 0 Å². The Morgan fingerprint density at radius 1 is 0.773 bits per heavy atom. The third-order valence-corrected chi connectivity index (χ3v) is 9.54. The van der Waals surface area contributed by atoms with Crippen molar-refractivity contribution in [3.05, 3.63) is 60.7 Å². The number of fused-ring (bicyclic) bond motifs is 2. The molecule has 0 saturated carbocycles. The van der Waals surface area contributed by atoms with Gasteiger partial charge in [0, 0.05) is 0 Å². The zero-order valence-electron chi connectivity index (χ0n) is 11.5. The van der Waals surface area contributed by atoms with Crippen LogP contribution in [0.5, 0.6) is 0 Å². The molecule has 4 heterocycles. The second-order valence-corrected chi connectivity index (χ2v) is 12.0. The van der Waals surface area contributed by atoms with E-state index >= 15 is 0 Å². The first-order valence-electron chi connectivity index (χ1n) is 6.70. The van der Waals surface area contributed by atoms with E-state index in [0.717, 1.165) is 33.6 Å². The van der Waals surface area contributed by atoms with E-state index in [1.54, 1.807) is 12.4 Å². The SMILES string of the molecule is c1cnc2nc(C[Se][Se]Cc3cn4cccnc4n3)cn2c1. The van der Waals surface area contributed by atoms with E-state index in [1.165, 1.54) is 0 Å². The summed E-state index contributed by atoms with van der Waals surface area (Å²) in [4.78, 5) is 17.6. The van der Waals surface area contributed by atoms with Crippen molar-refractivity contribution in [2.75, 3.05) is 0 Å². The Morgan fingerprint density at radius 2 is 1.27 bits per heavy atom. The molecule has 0 aliphatic rings. The molecule has 4 aromatic heterocycles. The van der Waals surface area contributed by atoms with E-state index in [1.807, 2.05) is 33.3 Å². The van der Waals surface area contributed by atoms with Crippen LogP contribution in [0, 0.1) is 0 Å². The summed E-state index contributed by atoms with van der Waals surface area (Å²) < 4.78 is 3.96. The van der Waals surface area contributed by atoms with Crippen LogP contribution in [0.25, 0.3) is 11.6 Å². The van der Waals surface area contributed by atoms with Crippen LogP contribution in [0.3, 0.4) is 0 Å². The summed E-state index contributed by atoms with van der Waals surface area (Å²) in [6, 6.07) is 3.84. The van der Waals surface area contributed by atoms with Gasteiger partial charge in [0.1, 0.15) is 0 Å². The number of nitrogens with zero attached hydrogens (tertiary/aromatic N) is 6. The molecule has 0 amide bonds. The first-order chi connectivity index (χ1) is 10.9. The van der Waals surface area contributed by atoms with Gasteiger partial charge in [-0.05, 0) is 0 Å². The van der Waals surface area contributed by atoms with Crippen LogP contribution >= 0.6 is 0 Å². The number of hydrogen-bond donors (Lipinski definition) is 0. The van der Waals surface area contributed by atoms with Crippen LogP contribution in [-0.4, -0.2) is 55.0 Å². The van der Waals surface area contributed by atoms with Crippen molar-refractivity contribution in [2.24, 2.45) is 0 Å².